The number of imidazole rings is 1. The van der Waals surface area contributed by atoms with Crippen molar-refractivity contribution in [2.24, 2.45) is 0 Å². The highest BCUT2D eigenvalue weighted by atomic mass is 15.2. The van der Waals surface area contributed by atoms with Gasteiger partial charge in [-0.05, 0) is 25.3 Å². The van der Waals surface area contributed by atoms with Crippen LogP contribution in [-0.2, 0) is 0 Å². The van der Waals surface area contributed by atoms with Crippen LogP contribution >= 0.6 is 0 Å². The number of nitrogens with one attached hydrogen (secondary N) is 1. The summed E-state index contributed by atoms with van der Waals surface area (Å²) in [5, 5.41) is 3.30. The van der Waals surface area contributed by atoms with E-state index in [9.17, 15) is 0 Å². The van der Waals surface area contributed by atoms with E-state index in [1.807, 2.05) is 35.0 Å². The molecule has 3 aromatic rings. The summed E-state index contributed by atoms with van der Waals surface area (Å²) in [6.45, 7) is 2.05. The number of hydrogen-bond donors (Lipinski definition) is 2. The van der Waals surface area contributed by atoms with Gasteiger partial charge in [-0.1, -0.05) is 0 Å². The molecule has 0 amide bonds. The summed E-state index contributed by atoms with van der Waals surface area (Å²) < 4.78 is 1.96. The van der Waals surface area contributed by atoms with Crippen molar-refractivity contribution in [3.8, 4) is 0 Å². The first kappa shape index (κ1) is 13.8. The minimum absolute atomic E-state index is 0.289. The van der Waals surface area contributed by atoms with Gasteiger partial charge in [-0.2, -0.15) is 9.97 Å². The van der Waals surface area contributed by atoms with Crippen molar-refractivity contribution in [2.75, 3.05) is 29.0 Å². The molecule has 23 heavy (non-hydrogen) atoms. The van der Waals surface area contributed by atoms with Gasteiger partial charge in [0.2, 0.25) is 5.95 Å². The number of hydrogen-bond acceptors (Lipinski definition) is 6. The average molecular weight is 309 g/mol. The van der Waals surface area contributed by atoms with E-state index in [1.165, 1.54) is 19.3 Å². The maximum atomic E-state index is 5.89. The van der Waals surface area contributed by atoms with Crippen LogP contribution in [0.5, 0.6) is 0 Å². The minimum atomic E-state index is 0.289. The smallest absolute Gasteiger partial charge is 0.223 e. The van der Waals surface area contributed by atoms with Gasteiger partial charge in [0, 0.05) is 49.5 Å². The lowest BCUT2D eigenvalue weighted by Crippen LogP contribution is -2.30. The zero-order valence-electron chi connectivity index (χ0n) is 12.8. The van der Waals surface area contributed by atoms with Crippen molar-refractivity contribution < 1.29 is 0 Å². The van der Waals surface area contributed by atoms with Crippen molar-refractivity contribution in [1.82, 2.24) is 19.4 Å². The van der Waals surface area contributed by atoms with E-state index < -0.39 is 0 Å². The fourth-order valence-corrected chi connectivity index (χ4v) is 2.94. The SMILES string of the molecule is Nc1nc(Nc2ccn3ccnc3c2)cc(N2CCCCC2)n1. The summed E-state index contributed by atoms with van der Waals surface area (Å²) in [6, 6.07) is 5.91. The largest absolute Gasteiger partial charge is 0.368 e. The molecule has 1 saturated heterocycles. The van der Waals surface area contributed by atoms with Gasteiger partial charge in [0.15, 0.2) is 0 Å². The van der Waals surface area contributed by atoms with E-state index in [0.29, 0.717) is 5.82 Å². The van der Waals surface area contributed by atoms with E-state index in [0.717, 1.165) is 30.2 Å². The second-order valence-electron chi connectivity index (χ2n) is 5.75. The monoisotopic (exact) mass is 309 g/mol. The van der Waals surface area contributed by atoms with Gasteiger partial charge in [0.1, 0.15) is 17.3 Å². The zero-order chi connectivity index (χ0) is 15.6. The number of nitrogens with two attached hydrogens (primary N) is 1. The first-order chi connectivity index (χ1) is 11.3. The van der Waals surface area contributed by atoms with Crippen molar-refractivity contribution in [3.63, 3.8) is 0 Å². The molecule has 7 heteroatoms. The summed E-state index contributed by atoms with van der Waals surface area (Å²) in [4.78, 5) is 15.2. The second kappa shape index (κ2) is 5.75. The third-order valence-corrected chi connectivity index (χ3v) is 4.08. The maximum absolute atomic E-state index is 5.89. The molecule has 0 bridgehead atoms. The lowest BCUT2D eigenvalue weighted by atomic mass is 10.1. The highest BCUT2D eigenvalue weighted by molar-refractivity contribution is 5.64. The zero-order valence-corrected chi connectivity index (χ0v) is 12.8. The molecule has 3 N–H and O–H groups in total. The highest BCUT2D eigenvalue weighted by Gasteiger charge is 2.14. The Balaban J connectivity index is 1.61. The van der Waals surface area contributed by atoms with Crippen molar-refractivity contribution in [3.05, 3.63) is 36.8 Å². The fourth-order valence-electron chi connectivity index (χ4n) is 2.94. The van der Waals surface area contributed by atoms with Gasteiger partial charge in [-0.3, -0.25) is 0 Å². The molecule has 0 aliphatic carbocycles. The Morgan fingerprint density at radius 2 is 1.91 bits per heavy atom. The quantitative estimate of drug-likeness (QED) is 0.773. The Labute approximate surface area is 134 Å². The lowest BCUT2D eigenvalue weighted by molar-refractivity contribution is 0.573. The predicted molar refractivity (Wildman–Crippen MR) is 91.0 cm³/mol. The number of rotatable bonds is 3. The standard InChI is InChI=1S/C16H19N7/c17-16-20-13(11-15(21-16)22-6-2-1-3-7-22)19-12-4-8-23-9-5-18-14(23)10-12/h4-5,8-11H,1-3,6-7H2,(H3,17,19,20,21). The van der Waals surface area contributed by atoms with Gasteiger partial charge < -0.3 is 20.4 Å². The Morgan fingerprint density at radius 1 is 1.04 bits per heavy atom. The normalized spacial score (nSPS) is 15.0. The maximum Gasteiger partial charge on any atom is 0.223 e. The third-order valence-electron chi connectivity index (χ3n) is 4.08. The van der Waals surface area contributed by atoms with Crippen LogP contribution in [0.1, 0.15) is 19.3 Å². The molecule has 1 fully saturated rings. The van der Waals surface area contributed by atoms with E-state index in [2.05, 4.69) is 25.2 Å². The van der Waals surface area contributed by atoms with Gasteiger partial charge >= 0.3 is 0 Å². The van der Waals surface area contributed by atoms with E-state index in [-0.39, 0.29) is 5.95 Å². The van der Waals surface area contributed by atoms with E-state index >= 15 is 0 Å². The second-order valence-corrected chi connectivity index (χ2v) is 5.75. The number of anilines is 4. The number of piperidine rings is 1. The molecule has 4 rings (SSSR count). The van der Waals surface area contributed by atoms with E-state index in [4.69, 9.17) is 5.73 Å². The predicted octanol–water partition coefficient (Wildman–Crippen LogP) is 2.44. The van der Waals surface area contributed by atoms with Gasteiger partial charge in [-0.25, -0.2) is 4.98 Å². The van der Waals surface area contributed by atoms with Gasteiger partial charge in [-0.15, -0.1) is 0 Å². The molecule has 0 aromatic carbocycles. The number of nitrogens with zero attached hydrogens (tertiary/aromatic N) is 5. The average Bonchev–Trinajstić information content (AvgIpc) is 3.03. The molecule has 118 valence electrons. The first-order valence-electron chi connectivity index (χ1n) is 7.87. The Morgan fingerprint density at radius 3 is 2.78 bits per heavy atom. The summed E-state index contributed by atoms with van der Waals surface area (Å²) >= 11 is 0. The number of aromatic nitrogens is 4. The molecule has 1 aliphatic heterocycles. The van der Waals surface area contributed by atoms with Crippen molar-refractivity contribution in [2.45, 2.75) is 19.3 Å². The Kier molecular flexibility index (Phi) is 3.45. The van der Waals surface area contributed by atoms with Crippen LogP contribution in [0.25, 0.3) is 5.65 Å². The molecule has 0 atom stereocenters. The highest BCUT2D eigenvalue weighted by Crippen LogP contribution is 2.23. The molecule has 0 unspecified atom stereocenters. The fraction of sp³-hybridized carbons (Fsp3) is 0.312. The summed E-state index contributed by atoms with van der Waals surface area (Å²) in [5.41, 5.74) is 7.69. The van der Waals surface area contributed by atoms with Crippen molar-refractivity contribution >= 4 is 28.9 Å². The third kappa shape index (κ3) is 2.90. The minimum Gasteiger partial charge on any atom is -0.368 e. The Bertz CT molecular complexity index is 820. The molecule has 0 radical (unpaired) electrons. The van der Waals surface area contributed by atoms with Crippen LogP contribution in [0.3, 0.4) is 0 Å². The number of pyridine rings is 1. The van der Waals surface area contributed by atoms with Gasteiger partial charge in [0.05, 0.1) is 0 Å². The van der Waals surface area contributed by atoms with E-state index in [1.54, 1.807) is 6.20 Å². The summed E-state index contributed by atoms with van der Waals surface area (Å²) in [5.74, 6) is 1.88. The molecule has 7 nitrogen and oxygen atoms in total. The van der Waals surface area contributed by atoms with Crippen LogP contribution in [0.2, 0.25) is 0 Å². The van der Waals surface area contributed by atoms with Crippen molar-refractivity contribution in [1.29, 1.82) is 0 Å². The Hall–Kier alpha value is -2.83. The molecular formula is C16H19N7. The summed E-state index contributed by atoms with van der Waals surface area (Å²) in [7, 11) is 0. The first-order valence-corrected chi connectivity index (χ1v) is 7.87. The van der Waals surface area contributed by atoms with Crippen LogP contribution in [-0.4, -0.2) is 32.4 Å². The molecular weight excluding hydrogens is 290 g/mol. The lowest BCUT2D eigenvalue weighted by Gasteiger charge is -2.28. The topological polar surface area (TPSA) is 84.4 Å². The number of fused-ring (bicyclic) bond motifs is 1. The van der Waals surface area contributed by atoms with Crippen LogP contribution < -0.4 is 16.0 Å². The van der Waals surface area contributed by atoms with Crippen LogP contribution in [0, 0.1) is 0 Å². The summed E-state index contributed by atoms with van der Waals surface area (Å²) in [6.07, 6.45) is 9.33. The van der Waals surface area contributed by atoms with Gasteiger partial charge in [0.25, 0.3) is 0 Å². The molecule has 3 aromatic heterocycles. The molecule has 1 aliphatic rings. The van der Waals surface area contributed by atoms with Crippen LogP contribution in [0.4, 0.5) is 23.3 Å². The molecule has 4 heterocycles. The molecule has 0 saturated carbocycles. The number of nitrogen functional groups attached to an aromatic ring is 1. The van der Waals surface area contributed by atoms with Crippen LogP contribution in [0.15, 0.2) is 36.8 Å². The molecule has 0 spiro atoms.